The van der Waals surface area contributed by atoms with Crippen molar-refractivity contribution in [2.75, 3.05) is 0 Å². The van der Waals surface area contributed by atoms with Crippen molar-refractivity contribution in [1.82, 2.24) is 4.57 Å². The standard InChI is InChI=1S/C29H25N3.2ClH.Fe/c1-20(30-24-13-5-4-6-14-24)27-17-18-28(32(27)3)21(2)31-29-25-15-9-7-11-22(25)19-23-12-8-10-16-26(23)29;;;/h4-19H,1-3H3;2*1H;/q;;;+2/p-2. The number of para-hydroxylation sites is 1. The van der Waals surface area contributed by atoms with Crippen LogP contribution >= 0.6 is 20.2 Å². The van der Waals surface area contributed by atoms with Crippen molar-refractivity contribution in [3.05, 3.63) is 108 Å². The summed E-state index contributed by atoms with van der Waals surface area (Å²) >= 11 is 0.194. The molecule has 0 N–H and O–H groups in total. The number of rotatable bonds is 4. The Morgan fingerprint density at radius 2 is 1.11 bits per heavy atom. The molecule has 0 bridgehead atoms. The number of hydrogen-bond donors (Lipinski definition) is 0. The monoisotopic (exact) mass is 541 g/mol. The van der Waals surface area contributed by atoms with E-state index in [1.54, 1.807) is 0 Å². The van der Waals surface area contributed by atoms with Crippen LogP contribution < -0.4 is 0 Å². The van der Waals surface area contributed by atoms with Crippen molar-refractivity contribution < 1.29 is 13.1 Å². The minimum atomic E-state index is 0.194. The van der Waals surface area contributed by atoms with Gasteiger partial charge in [-0.2, -0.15) is 0 Å². The van der Waals surface area contributed by atoms with Crippen LogP contribution in [0.2, 0.25) is 0 Å². The fourth-order valence-corrected chi connectivity index (χ4v) is 4.33. The Kier molecular flexibility index (Phi) is 8.43. The summed E-state index contributed by atoms with van der Waals surface area (Å²) in [6, 6.07) is 33.5. The normalized spacial score (nSPS) is 12.1. The van der Waals surface area contributed by atoms with Crippen LogP contribution in [-0.4, -0.2) is 16.0 Å². The average molecular weight is 542 g/mol. The first-order valence-electron chi connectivity index (χ1n) is 11.1. The molecule has 3 nitrogen and oxygen atoms in total. The number of aliphatic imine (C=N–C) groups is 2. The van der Waals surface area contributed by atoms with Crippen LogP contribution in [0, 0.1) is 0 Å². The molecule has 0 atom stereocenters. The summed E-state index contributed by atoms with van der Waals surface area (Å²) in [5.41, 5.74) is 6.11. The molecule has 5 aromatic rings. The fourth-order valence-electron chi connectivity index (χ4n) is 4.33. The third-order valence-electron chi connectivity index (χ3n) is 5.94. The van der Waals surface area contributed by atoms with Crippen LogP contribution in [0.4, 0.5) is 11.4 Å². The Labute approximate surface area is 220 Å². The van der Waals surface area contributed by atoms with Gasteiger partial charge in [-0.05, 0) is 55.0 Å². The first-order valence-corrected chi connectivity index (χ1v) is 14.1. The first kappa shape index (κ1) is 25.2. The molecule has 0 aliphatic carbocycles. The van der Waals surface area contributed by atoms with Gasteiger partial charge in [-0.15, -0.1) is 0 Å². The first-order chi connectivity index (χ1) is 17.0. The van der Waals surface area contributed by atoms with Gasteiger partial charge in [-0.3, -0.25) is 9.98 Å². The van der Waals surface area contributed by atoms with Gasteiger partial charge in [0.1, 0.15) is 0 Å². The second kappa shape index (κ2) is 11.7. The molecular weight excluding hydrogens is 517 g/mol. The number of hydrogen-bond acceptors (Lipinski definition) is 2. The Morgan fingerprint density at radius 3 is 1.66 bits per heavy atom. The molecule has 0 aliphatic rings. The Morgan fingerprint density at radius 1 is 0.657 bits per heavy atom. The molecule has 0 fully saturated rings. The average Bonchev–Trinajstić information content (AvgIpc) is 3.26. The molecule has 0 unspecified atom stereocenters. The summed E-state index contributed by atoms with van der Waals surface area (Å²) in [5.74, 6) is 0. The van der Waals surface area contributed by atoms with Gasteiger partial charge in [0.05, 0.1) is 34.2 Å². The third-order valence-corrected chi connectivity index (χ3v) is 5.94. The molecule has 0 aliphatic heterocycles. The molecule has 4 aromatic carbocycles. The van der Waals surface area contributed by atoms with Gasteiger partial charge in [-0.25, -0.2) is 0 Å². The van der Waals surface area contributed by atoms with Gasteiger partial charge in [0, 0.05) is 17.8 Å². The molecule has 178 valence electrons. The second-order valence-electron chi connectivity index (χ2n) is 8.11. The van der Waals surface area contributed by atoms with E-state index in [0.717, 1.165) is 34.2 Å². The van der Waals surface area contributed by atoms with Crippen molar-refractivity contribution in [1.29, 1.82) is 0 Å². The quantitative estimate of drug-likeness (QED) is 0.123. The molecule has 35 heavy (non-hydrogen) atoms. The van der Waals surface area contributed by atoms with Crippen molar-refractivity contribution in [2.24, 2.45) is 17.0 Å². The van der Waals surface area contributed by atoms with E-state index >= 15 is 0 Å². The zero-order valence-electron chi connectivity index (χ0n) is 19.7. The van der Waals surface area contributed by atoms with E-state index in [9.17, 15) is 0 Å². The number of fused-ring (bicyclic) bond motifs is 2. The maximum atomic E-state index is 5.16. The van der Waals surface area contributed by atoms with E-state index in [1.807, 2.05) is 30.3 Å². The summed E-state index contributed by atoms with van der Waals surface area (Å²) in [6.45, 7) is 4.14. The Balaban J connectivity index is 0.000000917. The number of benzene rings is 4. The van der Waals surface area contributed by atoms with E-state index in [-0.39, 0.29) is 13.1 Å². The van der Waals surface area contributed by atoms with Gasteiger partial charge < -0.3 is 4.57 Å². The number of nitrogens with zero attached hydrogens (tertiary/aromatic N) is 3. The zero-order chi connectivity index (χ0) is 24.8. The zero-order valence-corrected chi connectivity index (χ0v) is 22.3. The summed E-state index contributed by atoms with van der Waals surface area (Å²) in [7, 11) is 11.6. The summed E-state index contributed by atoms with van der Waals surface area (Å²) in [6.07, 6.45) is 0. The van der Waals surface area contributed by atoms with Crippen molar-refractivity contribution in [3.63, 3.8) is 0 Å². The SMILES string of the molecule is CC(=Nc1ccccc1)c1ccc(C(C)=Nc2c3ccccc3cc3ccccc23)n1C.[Cl][Fe][Cl]. The topological polar surface area (TPSA) is 29.6 Å². The van der Waals surface area contributed by atoms with Gasteiger partial charge in [0.2, 0.25) is 0 Å². The molecule has 5 rings (SSSR count). The number of aromatic nitrogens is 1. The Hall–Kier alpha value is -2.88. The van der Waals surface area contributed by atoms with Crippen LogP contribution in [0.15, 0.2) is 107 Å². The summed E-state index contributed by atoms with van der Waals surface area (Å²) < 4.78 is 2.17. The second-order valence-corrected chi connectivity index (χ2v) is 9.93. The maximum absolute atomic E-state index is 5.16. The summed E-state index contributed by atoms with van der Waals surface area (Å²) in [5, 5.41) is 4.75. The predicted molar refractivity (Wildman–Crippen MR) is 149 cm³/mol. The van der Waals surface area contributed by atoms with Crippen molar-refractivity contribution in [3.8, 4) is 0 Å². The molecule has 1 heterocycles. The third kappa shape index (κ3) is 5.69. The van der Waals surface area contributed by atoms with E-state index < -0.39 is 0 Å². The van der Waals surface area contributed by atoms with Crippen LogP contribution in [-0.2, 0) is 20.2 Å². The van der Waals surface area contributed by atoms with E-state index in [2.05, 4.69) is 92.2 Å². The Bertz CT molecular complexity index is 1470. The molecule has 0 spiro atoms. The predicted octanol–water partition coefficient (Wildman–Crippen LogP) is 8.99. The minimum absolute atomic E-state index is 0.194. The molecule has 6 heteroatoms. The van der Waals surface area contributed by atoms with E-state index in [0.29, 0.717) is 0 Å². The molecule has 0 saturated heterocycles. The van der Waals surface area contributed by atoms with E-state index in [1.165, 1.54) is 21.5 Å². The van der Waals surface area contributed by atoms with Crippen molar-refractivity contribution >= 4 is 64.5 Å². The van der Waals surface area contributed by atoms with Crippen molar-refractivity contribution in [2.45, 2.75) is 13.8 Å². The van der Waals surface area contributed by atoms with Gasteiger partial charge in [0.15, 0.2) is 0 Å². The van der Waals surface area contributed by atoms with Gasteiger partial charge >= 0.3 is 33.3 Å². The van der Waals surface area contributed by atoms with Crippen LogP contribution in [0.5, 0.6) is 0 Å². The fraction of sp³-hybridized carbons (Fsp3) is 0.103. The number of halogens is 2. The molecular formula is C29H25Cl2FeN3. The van der Waals surface area contributed by atoms with Gasteiger partial charge in [0.25, 0.3) is 0 Å². The van der Waals surface area contributed by atoms with Crippen LogP contribution in [0.3, 0.4) is 0 Å². The van der Waals surface area contributed by atoms with Gasteiger partial charge in [-0.1, -0.05) is 66.7 Å². The van der Waals surface area contributed by atoms with Crippen LogP contribution in [0.1, 0.15) is 25.2 Å². The molecule has 0 amide bonds. The molecule has 0 saturated carbocycles. The summed E-state index contributed by atoms with van der Waals surface area (Å²) in [4.78, 5) is 9.94. The van der Waals surface area contributed by atoms with Crippen LogP contribution in [0.25, 0.3) is 21.5 Å². The van der Waals surface area contributed by atoms with E-state index in [4.69, 9.17) is 30.2 Å². The molecule has 0 radical (unpaired) electrons. The molecule has 1 aromatic heterocycles.